The van der Waals surface area contributed by atoms with Crippen LogP contribution in [-0.2, 0) is 0 Å². The number of halogens is 1. The summed E-state index contributed by atoms with van der Waals surface area (Å²) in [5.74, 6) is 0. The molecule has 5 heteroatoms. The number of fused-ring (bicyclic) bond motifs is 1. The fourth-order valence-corrected chi connectivity index (χ4v) is 1.82. The Morgan fingerprint density at radius 1 is 1.50 bits per heavy atom. The Bertz CT molecular complexity index is 596. The minimum Gasteiger partial charge on any atom is -0.258 e. The first-order valence-electron chi connectivity index (χ1n) is 4.49. The molecule has 0 saturated carbocycles. The summed E-state index contributed by atoms with van der Waals surface area (Å²) in [5, 5.41) is 12.3. The van der Waals surface area contributed by atoms with Crippen molar-refractivity contribution in [2.24, 2.45) is 0 Å². The van der Waals surface area contributed by atoms with Crippen LogP contribution in [0.5, 0.6) is 0 Å². The third-order valence-electron chi connectivity index (χ3n) is 2.28. The quantitative estimate of drug-likeness (QED) is 0.454. The summed E-state index contributed by atoms with van der Waals surface area (Å²) in [4.78, 5) is 14.4. The molecule has 0 spiro atoms. The highest BCUT2D eigenvalue weighted by atomic mass is 35.5. The largest absolute Gasteiger partial charge is 0.277 e. The molecule has 2 aromatic rings. The van der Waals surface area contributed by atoms with Gasteiger partial charge in [-0.2, -0.15) is 0 Å². The molecule has 1 aromatic carbocycles. The zero-order valence-electron chi connectivity index (χ0n) is 8.18. The van der Waals surface area contributed by atoms with Crippen molar-refractivity contribution in [3.63, 3.8) is 0 Å². The predicted molar refractivity (Wildman–Crippen MR) is 63.5 cm³/mol. The number of nitro groups is 1. The Labute approximate surface area is 96.3 Å². The summed E-state index contributed by atoms with van der Waals surface area (Å²) in [7, 11) is 0. The van der Waals surface area contributed by atoms with Gasteiger partial charge in [0.15, 0.2) is 0 Å². The van der Waals surface area contributed by atoms with Crippen LogP contribution in [0.25, 0.3) is 16.8 Å². The number of rotatable bonds is 2. The van der Waals surface area contributed by atoms with Crippen molar-refractivity contribution in [1.29, 1.82) is 0 Å². The molecule has 0 bridgehead atoms. The van der Waals surface area contributed by atoms with Gasteiger partial charge in [0.2, 0.25) is 0 Å². The van der Waals surface area contributed by atoms with Crippen molar-refractivity contribution in [2.75, 3.05) is 0 Å². The van der Waals surface area contributed by atoms with Gasteiger partial charge in [0, 0.05) is 23.2 Å². The van der Waals surface area contributed by atoms with E-state index in [0.29, 0.717) is 16.3 Å². The van der Waals surface area contributed by atoms with E-state index in [1.165, 1.54) is 18.3 Å². The Balaban J connectivity index is 2.98. The standard InChI is InChI=1S/C11H7ClN2O2/c1-2-8-10-7(6-13-11(8)12)4-3-5-9(10)14(15)16/h2-6H,1H2. The maximum Gasteiger partial charge on any atom is 0.277 e. The highest BCUT2D eigenvalue weighted by Gasteiger charge is 2.16. The van der Waals surface area contributed by atoms with Crippen molar-refractivity contribution in [3.05, 3.63) is 51.8 Å². The maximum absolute atomic E-state index is 10.9. The minimum atomic E-state index is -0.439. The van der Waals surface area contributed by atoms with Crippen LogP contribution in [0.2, 0.25) is 5.15 Å². The molecule has 2 rings (SSSR count). The normalized spacial score (nSPS) is 10.3. The SMILES string of the molecule is C=Cc1c(Cl)ncc2cccc([N+](=O)[O-])c12. The number of hydrogen-bond acceptors (Lipinski definition) is 3. The molecule has 1 heterocycles. The molecule has 0 unspecified atom stereocenters. The highest BCUT2D eigenvalue weighted by molar-refractivity contribution is 6.32. The van der Waals surface area contributed by atoms with Crippen molar-refractivity contribution < 1.29 is 4.92 Å². The zero-order chi connectivity index (χ0) is 11.7. The second-order valence-corrected chi connectivity index (χ2v) is 3.52. The summed E-state index contributed by atoms with van der Waals surface area (Å²) in [6.45, 7) is 3.60. The van der Waals surface area contributed by atoms with Gasteiger partial charge >= 0.3 is 0 Å². The van der Waals surface area contributed by atoms with Crippen molar-refractivity contribution >= 4 is 34.1 Å². The fourth-order valence-electron chi connectivity index (χ4n) is 1.60. The van der Waals surface area contributed by atoms with E-state index in [9.17, 15) is 10.1 Å². The molecule has 0 N–H and O–H groups in total. The number of nitro benzene ring substituents is 1. The maximum atomic E-state index is 10.9. The van der Waals surface area contributed by atoms with Crippen LogP contribution in [0.1, 0.15) is 5.56 Å². The third kappa shape index (κ3) is 1.53. The Hall–Kier alpha value is -1.94. The Morgan fingerprint density at radius 2 is 2.25 bits per heavy atom. The van der Waals surface area contributed by atoms with E-state index in [1.807, 2.05) is 0 Å². The lowest BCUT2D eigenvalue weighted by molar-refractivity contribution is -0.383. The predicted octanol–water partition coefficient (Wildman–Crippen LogP) is 3.44. The van der Waals surface area contributed by atoms with Gasteiger partial charge in [-0.3, -0.25) is 10.1 Å². The number of aromatic nitrogens is 1. The van der Waals surface area contributed by atoms with Crippen molar-refractivity contribution in [2.45, 2.75) is 0 Å². The average Bonchev–Trinajstić information content (AvgIpc) is 2.28. The van der Waals surface area contributed by atoms with E-state index in [1.54, 1.807) is 12.1 Å². The van der Waals surface area contributed by atoms with Gasteiger partial charge in [-0.15, -0.1) is 0 Å². The number of non-ortho nitro benzene ring substituents is 1. The molecule has 0 amide bonds. The summed E-state index contributed by atoms with van der Waals surface area (Å²) in [6, 6.07) is 4.80. The van der Waals surface area contributed by atoms with Crippen LogP contribution in [0, 0.1) is 10.1 Å². The molecule has 16 heavy (non-hydrogen) atoms. The van der Waals surface area contributed by atoms with E-state index >= 15 is 0 Å². The summed E-state index contributed by atoms with van der Waals surface area (Å²) in [5.41, 5.74) is 0.503. The Morgan fingerprint density at radius 3 is 2.88 bits per heavy atom. The summed E-state index contributed by atoms with van der Waals surface area (Å²) in [6.07, 6.45) is 2.99. The average molecular weight is 235 g/mol. The molecule has 80 valence electrons. The lowest BCUT2D eigenvalue weighted by Gasteiger charge is -2.04. The summed E-state index contributed by atoms with van der Waals surface area (Å²) < 4.78 is 0. The van der Waals surface area contributed by atoms with Crippen molar-refractivity contribution in [3.8, 4) is 0 Å². The monoisotopic (exact) mass is 234 g/mol. The third-order valence-corrected chi connectivity index (χ3v) is 2.59. The van der Waals surface area contributed by atoms with Crippen LogP contribution in [0.3, 0.4) is 0 Å². The van der Waals surface area contributed by atoms with Gasteiger partial charge < -0.3 is 0 Å². The Kier molecular flexibility index (Phi) is 2.58. The molecule has 0 saturated heterocycles. The molecule has 0 radical (unpaired) electrons. The molecular formula is C11H7ClN2O2. The number of hydrogen-bond donors (Lipinski definition) is 0. The van der Waals surface area contributed by atoms with Gasteiger partial charge in [0.1, 0.15) is 5.15 Å². The first-order valence-corrected chi connectivity index (χ1v) is 4.87. The number of nitrogens with zero attached hydrogens (tertiary/aromatic N) is 2. The zero-order valence-corrected chi connectivity index (χ0v) is 8.94. The molecule has 4 nitrogen and oxygen atoms in total. The highest BCUT2D eigenvalue weighted by Crippen LogP contribution is 2.32. The number of pyridine rings is 1. The lowest BCUT2D eigenvalue weighted by atomic mass is 10.1. The second kappa shape index (κ2) is 3.90. The molecule has 0 aliphatic carbocycles. The van der Waals surface area contributed by atoms with E-state index < -0.39 is 4.92 Å². The molecule has 0 atom stereocenters. The molecule has 1 aromatic heterocycles. The van der Waals surface area contributed by atoms with E-state index in [4.69, 9.17) is 11.6 Å². The minimum absolute atomic E-state index is 0.0108. The van der Waals surface area contributed by atoms with E-state index in [2.05, 4.69) is 11.6 Å². The summed E-state index contributed by atoms with van der Waals surface area (Å²) >= 11 is 5.88. The van der Waals surface area contributed by atoms with Gasteiger partial charge in [-0.1, -0.05) is 36.4 Å². The fraction of sp³-hybridized carbons (Fsp3) is 0. The smallest absolute Gasteiger partial charge is 0.258 e. The van der Waals surface area contributed by atoms with Crippen LogP contribution >= 0.6 is 11.6 Å². The first kappa shape index (κ1) is 10.6. The topological polar surface area (TPSA) is 56.0 Å². The van der Waals surface area contributed by atoms with Crippen molar-refractivity contribution in [1.82, 2.24) is 4.98 Å². The van der Waals surface area contributed by atoms with Crippen LogP contribution < -0.4 is 0 Å². The van der Waals surface area contributed by atoms with E-state index in [-0.39, 0.29) is 10.8 Å². The molecular weight excluding hydrogens is 228 g/mol. The lowest BCUT2D eigenvalue weighted by Crippen LogP contribution is -1.93. The number of benzene rings is 1. The van der Waals surface area contributed by atoms with Crippen LogP contribution in [-0.4, -0.2) is 9.91 Å². The second-order valence-electron chi connectivity index (χ2n) is 3.17. The van der Waals surface area contributed by atoms with E-state index in [0.717, 1.165) is 0 Å². The molecule has 0 fully saturated rings. The van der Waals surface area contributed by atoms with Gasteiger partial charge in [-0.25, -0.2) is 4.98 Å². The van der Waals surface area contributed by atoms with Crippen LogP contribution in [0.15, 0.2) is 31.0 Å². The van der Waals surface area contributed by atoms with Gasteiger partial charge in [-0.05, 0) is 0 Å². The molecule has 0 aliphatic heterocycles. The first-order chi connectivity index (χ1) is 7.65. The van der Waals surface area contributed by atoms with Crippen LogP contribution in [0.4, 0.5) is 5.69 Å². The molecule has 0 aliphatic rings. The van der Waals surface area contributed by atoms with Gasteiger partial charge in [0.05, 0.1) is 10.3 Å². The van der Waals surface area contributed by atoms with Gasteiger partial charge in [0.25, 0.3) is 5.69 Å².